The molecule has 0 unspecified atom stereocenters. The molecule has 112 valence electrons. The van der Waals surface area contributed by atoms with Crippen molar-refractivity contribution >= 4 is 11.5 Å². The van der Waals surface area contributed by atoms with Gasteiger partial charge in [0, 0.05) is 11.8 Å². The third kappa shape index (κ3) is 2.65. The smallest absolute Gasteiger partial charge is 0.196 e. The first-order chi connectivity index (χ1) is 11.2. The number of nitrogens with one attached hydrogen (secondary N) is 1. The number of carbonyl (C=O) groups is 1. The summed E-state index contributed by atoms with van der Waals surface area (Å²) in [6.07, 6.45) is 1.51. The number of hydrogen-bond acceptors (Lipinski definition) is 5. The first-order valence-electron chi connectivity index (χ1n) is 7.04. The van der Waals surface area contributed by atoms with Crippen molar-refractivity contribution in [3.63, 3.8) is 0 Å². The number of nitriles is 1. The van der Waals surface area contributed by atoms with Gasteiger partial charge in [-0.1, -0.05) is 48.5 Å². The lowest BCUT2D eigenvalue weighted by Crippen LogP contribution is -2.42. The molecule has 2 aromatic carbocycles. The zero-order valence-corrected chi connectivity index (χ0v) is 12.2. The van der Waals surface area contributed by atoms with E-state index in [2.05, 4.69) is 5.43 Å². The summed E-state index contributed by atoms with van der Waals surface area (Å²) in [5.74, 6) is -0.0502. The van der Waals surface area contributed by atoms with Crippen LogP contribution in [0.2, 0.25) is 0 Å². The van der Waals surface area contributed by atoms with Gasteiger partial charge in [-0.05, 0) is 12.1 Å². The topological polar surface area (TPSA) is 82.2 Å². The number of hydrogen-bond donors (Lipinski definition) is 2. The van der Waals surface area contributed by atoms with Crippen molar-refractivity contribution in [1.82, 2.24) is 5.43 Å². The first-order valence-corrected chi connectivity index (χ1v) is 7.04. The molecule has 2 aromatic rings. The lowest BCUT2D eigenvalue weighted by Gasteiger charge is -2.29. The molecule has 3 rings (SSSR count). The second-order valence-electron chi connectivity index (χ2n) is 4.93. The summed E-state index contributed by atoms with van der Waals surface area (Å²) >= 11 is 0. The molecule has 0 atom stereocenters. The molecule has 5 heteroatoms. The minimum Gasteiger partial charge on any atom is -0.383 e. The predicted molar refractivity (Wildman–Crippen MR) is 87.7 cm³/mol. The zero-order valence-electron chi connectivity index (χ0n) is 12.2. The van der Waals surface area contributed by atoms with E-state index in [0.29, 0.717) is 5.56 Å². The van der Waals surface area contributed by atoms with Crippen LogP contribution in [-0.4, -0.2) is 5.78 Å². The van der Waals surface area contributed by atoms with E-state index in [1.807, 2.05) is 42.5 Å². The number of benzene rings is 2. The molecule has 0 aromatic heterocycles. The van der Waals surface area contributed by atoms with Gasteiger partial charge in [0.05, 0.1) is 11.3 Å². The molecular weight excluding hydrogens is 288 g/mol. The van der Waals surface area contributed by atoms with Crippen molar-refractivity contribution < 1.29 is 4.79 Å². The average Bonchev–Trinajstić information content (AvgIpc) is 2.62. The van der Waals surface area contributed by atoms with Crippen LogP contribution >= 0.6 is 0 Å². The standard InChI is InChI=1S/C18H14N4O/c19-11-15-16(17(23)13-7-3-1-4-8-13)12-21-22(18(15)20)14-9-5-2-6-10-14/h1-10,12,21H,20H2. The van der Waals surface area contributed by atoms with Gasteiger partial charge in [-0.25, -0.2) is 5.01 Å². The van der Waals surface area contributed by atoms with Crippen molar-refractivity contribution in [1.29, 1.82) is 5.26 Å². The van der Waals surface area contributed by atoms with Gasteiger partial charge in [0.2, 0.25) is 0 Å². The number of ketones is 1. The van der Waals surface area contributed by atoms with Crippen LogP contribution in [0.3, 0.4) is 0 Å². The van der Waals surface area contributed by atoms with E-state index in [9.17, 15) is 10.1 Å². The molecule has 0 fully saturated rings. The molecule has 0 amide bonds. The van der Waals surface area contributed by atoms with Gasteiger partial charge in [-0.3, -0.25) is 10.2 Å². The SMILES string of the molecule is N#CC1=C(N)N(c2ccccc2)NC=C1C(=O)c1ccccc1. The van der Waals surface area contributed by atoms with E-state index < -0.39 is 0 Å². The Morgan fingerprint density at radius 1 is 1.04 bits per heavy atom. The molecule has 3 N–H and O–H groups in total. The summed E-state index contributed by atoms with van der Waals surface area (Å²) in [5, 5.41) is 11.0. The lowest BCUT2D eigenvalue weighted by atomic mass is 9.97. The highest BCUT2D eigenvalue weighted by Gasteiger charge is 2.26. The molecule has 1 heterocycles. The van der Waals surface area contributed by atoms with Crippen molar-refractivity contribution in [2.24, 2.45) is 5.73 Å². The Bertz CT molecular complexity index is 832. The van der Waals surface area contributed by atoms with E-state index in [1.54, 1.807) is 29.3 Å². The molecule has 0 saturated carbocycles. The van der Waals surface area contributed by atoms with Crippen LogP contribution in [0.15, 0.2) is 83.8 Å². The summed E-state index contributed by atoms with van der Waals surface area (Å²) in [6, 6.07) is 20.2. The van der Waals surface area contributed by atoms with Gasteiger partial charge < -0.3 is 5.73 Å². The summed E-state index contributed by atoms with van der Waals surface area (Å²) in [4.78, 5) is 12.6. The van der Waals surface area contributed by atoms with Crippen LogP contribution in [0.4, 0.5) is 5.69 Å². The van der Waals surface area contributed by atoms with Crippen LogP contribution in [0.25, 0.3) is 0 Å². The maximum Gasteiger partial charge on any atom is 0.196 e. The van der Waals surface area contributed by atoms with E-state index in [0.717, 1.165) is 5.69 Å². The largest absolute Gasteiger partial charge is 0.383 e. The van der Waals surface area contributed by atoms with Gasteiger partial charge >= 0.3 is 0 Å². The van der Waals surface area contributed by atoms with Crippen molar-refractivity contribution in [2.45, 2.75) is 0 Å². The molecule has 23 heavy (non-hydrogen) atoms. The highest BCUT2D eigenvalue weighted by atomic mass is 16.1. The summed E-state index contributed by atoms with van der Waals surface area (Å²) in [6.45, 7) is 0. The minimum absolute atomic E-state index is 0.154. The number of nitrogens with two attached hydrogens (primary N) is 1. The van der Waals surface area contributed by atoms with Gasteiger partial charge in [-0.15, -0.1) is 0 Å². The molecule has 1 aliphatic heterocycles. The molecule has 0 spiro atoms. The van der Waals surface area contributed by atoms with Crippen LogP contribution < -0.4 is 16.2 Å². The number of hydrazine groups is 1. The Labute approximate surface area is 133 Å². The summed E-state index contributed by atoms with van der Waals surface area (Å²) in [7, 11) is 0. The first kappa shape index (κ1) is 14.4. The number of carbonyl (C=O) groups excluding carboxylic acids is 1. The van der Waals surface area contributed by atoms with Crippen molar-refractivity contribution in [2.75, 3.05) is 5.01 Å². The number of rotatable bonds is 3. The highest BCUT2D eigenvalue weighted by Crippen LogP contribution is 2.25. The molecule has 0 bridgehead atoms. The number of allylic oxidation sites excluding steroid dienone is 2. The van der Waals surface area contributed by atoms with Gasteiger partial charge in [-0.2, -0.15) is 5.26 Å². The highest BCUT2D eigenvalue weighted by molar-refractivity contribution is 6.12. The fraction of sp³-hybridized carbons (Fsp3) is 0. The number of nitrogens with zero attached hydrogens (tertiary/aromatic N) is 2. The molecule has 0 saturated heterocycles. The predicted octanol–water partition coefficient (Wildman–Crippen LogP) is 2.47. The molecule has 0 aliphatic carbocycles. The third-order valence-corrected chi connectivity index (χ3v) is 3.51. The van der Waals surface area contributed by atoms with Gasteiger partial charge in [0.25, 0.3) is 0 Å². The molecule has 5 nitrogen and oxygen atoms in total. The monoisotopic (exact) mass is 302 g/mol. The Balaban J connectivity index is 1.98. The molecular formula is C18H14N4O. The van der Waals surface area contributed by atoms with Crippen LogP contribution in [0.1, 0.15) is 10.4 Å². The zero-order chi connectivity index (χ0) is 16.2. The van der Waals surface area contributed by atoms with Crippen molar-refractivity contribution in [3.05, 3.63) is 89.4 Å². The molecule has 1 aliphatic rings. The lowest BCUT2D eigenvalue weighted by molar-refractivity contribution is 0.103. The second kappa shape index (κ2) is 6.08. The summed E-state index contributed by atoms with van der Waals surface area (Å²) in [5.41, 5.74) is 10.8. The minimum atomic E-state index is -0.245. The van der Waals surface area contributed by atoms with E-state index in [-0.39, 0.29) is 22.8 Å². The fourth-order valence-electron chi connectivity index (χ4n) is 2.35. The maximum absolute atomic E-state index is 12.6. The van der Waals surface area contributed by atoms with E-state index >= 15 is 0 Å². The van der Waals surface area contributed by atoms with Crippen LogP contribution in [0.5, 0.6) is 0 Å². The second-order valence-corrected chi connectivity index (χ2v) is 4.93. The van der Waals surface area contributed by atoms with E-state index in [4.69, 9.17) is 5.73 Å². The Morgan fingerprint density at radius 3 is 2.26 bits per heavy atom. The number of para-hydroxylation sites is 1. The third-order valence-electron chi connectivity index (χ3n) is 3.51. The normalized spacial score (nSPS) is 13.9. The van der Waals surface area contributed by atoms with Gasteiger partial charge in [0.15, 0.2) is 5.78 Å². The van der Waals surface area contributed by atoms with Crippen molar-refractivity contribution in [3.8, 4) is 6.07 Å². The van der Waals surface area contributed by atoms with Crippen LogP contribution in [-0.2, 0) is 0 Å². The Hall–Kier alpha value is -3.52. The number of anilines is 1. The Kier molecular flexibility index (Phi) is 3.81. The average molecular weight is 302 g/mol. The Morgan fingerprint density at radius 2 is 1.65 bits per heavy atom. The number of Topliss-reactive ketones (excluding diaryl/α,β-unsaturated/α-hetero) is 1. The maximum atomic E-state index is 12.6. The summed E-state index contributed by atoms with van der Waals surface area (Å²) < 4.78 is 0. The quantitative estimate of drug-likeness (QED) is 0.851. The molecule has 0 radical (unpaired) electrons. The van der Waals surface area contributed by atoms with Crippen LogP contribution in [0, 0.1) is 11.3 Å². The van der Waals surface area contributed by atoms with E-state index in [1.165, 1.54) is 6.20 Å². The van der Waals surface area contributed by atoms with Gasteiger partial charge in [0.1, 0.15) is 17.5 Å². The fourth-order valence-corrected chi connectivity index (χ4v) is 2.35.